The minimum atomic E-state index is -0.294. The number of carbonyl (C=O) groups excluding carboxylic acids is 3. The quantitative estimate of drug-likeness (QED) is 0.847. The molecular weight excluding hydrogens is 348 g/mol. The van der Waals surface area contributed by atoms with Gasteiger partial charge in [0.25, 0.3) is 0 Å². The Labute approximate surface area is 158 Å². The van der Waals surface area contributed by atoms with E-state index in [2.05, 4.69) is 10.6 Å². The van der Waals surface area contributed by atoms with Crippen LogP contribution in [0.3, 0.4) is 0 Å². The number of urea groups is 1. The van der Waals surface area contributed by atoms with Gasteiger partial charge in [-0.3, -0.25) is 4.79 Å². The van der Waals surface area contributed by atoms with Crippen LogP contribution in [-0.4, -0.2) is 55.2 Å². The van der Waals surface area contributed by atoms with Crippen molar-refractivity contribution in [2.45, 2.75) is 38.6 Å². The van der Waals surface area contributed by atoms with Crippen LogP contribution in [0, 0.1) is 0 Å². The molecule has 1 aromatic rings. The average molecular weight is 374 g/mol. The number of carbonyl (C=O) groups is 3. The van der Waals surface area contributed by atoms with Gasteiger partial charge in [0.05, 0.1) is 6.61 Å². The molecule has 0 spiro atoms. The SMILES string of the molecule is CCOC(=O)N1CCC(NC(=O)Nc2ccc(N3CCCC3=O)cc2)CC1. The van der Waals surface area contributed by atoms with Crippen LogP contribution in [0.5, 0.6) is 0 Å². The Balaban J connectivity index is 1.44. The molecule has 0 aliphatic carbocycles. The lowest BCUT2D eigenvalue weighted by atomic mass is 10.1. The number of anilines is 2. The number of ether oxygens (including phenoxy) is 1. The molecule has 2 saturated heterocycles. The fourth-order valence-corrected chi connectivity index (χ4v) is 3.42. The number of hydrogen-bond donors (Lipinski definition) is 2. The molecule has 3 rings (SSSR count). The lowest BCUT2D eigenvalue weighted by Gasteiger charge is -2.31. The van der Waals surface area contributed by atoms with E-state index < -0.39 is 0 Å². The fraction of sp³-hybridized carbons (Fsp3) is 0.526. The summed E-state index contributed by atoms with van der Waals surface area (Å²) in [5, 5.41) is 5.76. The average Bonchev–Trinajstić information content (AvgIpc) is 3.09. The second-order valence-electron chi connectivity index (χ2n) is 6.75. The van der Waals surface area contributed by atoms with Crippen molar-refractivity contribution in [3.05, 3.63) is 24.3 Å². The highest BCUT2D eigenvalue weighted by atomic mass is 16.6. The summed E-state index contributed by atoms with van der Waals surface area (Å²) in [6, 6.07) is 7.04. The molecule has 0 unspecified atom stereocenters. The largest absolute Gasteiger partial charge is 0.450 e. The summed E-state index contributed by atoms with van der Waals surface area (Å²) in [7, 11) is 0. The second kappa shape index (κ2) is 8.75. The molecule has 1 aromatic carbocycles. The zero-order valence-electron chi connectivity index (χ0n) is 15.6. The normalized spacial score (nSPS) is 17.7. The first-order valence-corrected chi connectivity index (χ1v) is 9.46. The number of piperidine rings is 1. The Bertz CT molecular complexity index is 683. The molecular formula is C19H26N4O4. The lowest BCUT2D eigenvalue weighted by Crippen LogP contribution is -2.47. The van der Waals surface area contributed by atoms with Gasteiger partial charge in [0.2, 0.25) is 5.91 Å². The van der Waals surface area contributed by atoms with Crippen LogP contribution in [-0.2, 0) is 9.53 Å². The number of nitrogens with zero attached hydrogens (tertiary/aromatic N) is 2. The lowest BCUT2D eigenvalue weighted by molar-refractivity contribution is -0.117. The molecule has 2 heterocycles. The summed E-state index contributed by atoms with van der Waals surface area (Å²) >= 11 is 0. The molecule has 2 aliphatic heterocycles. The fourth-order valence-electron chi connectivity index (χ4n) is 3.42. The first-order valence-electron chi connectivity index (χ1n) is 9.46. The van der Waals surface area contributed by atoms with Crippen LogP contribution in [0.1, 0.15) is 32.6 Å². The second-order valence-corrected chi connectivity index (χ2v) is 6.75. The van der Waals surface area contributed by atoms with Crippen molar-refractivity contribution in [1.29, 1.82) is 0 Å². The molecule has 146 valence electrons. The van der Waals surface area contributed by atoms with E-state index in [4.69, 9.17) is 4.74 Å². The van der Waals surface area contributed by atoms with Gasteiger partial charge in [-0.1, -0.05) is 0 Å². The molecule has 0 aromatic heterocycles. The van der Waals surface area contributed by atoms with Crippen molar-refractivity contribution in [3.63, 3.8) is 0 Å². The maximum atomic E-state index is 12.2. The third-order valence-electron chi connectivity index (χ3n) is 4.87. The van der Waals surface area contributed by atoms with E-state index in [9.17, 15) is 14.4 Å². The van der Waals surface area contributed by atoms with Gasteiger partial charge in [-0.05, 0) is 50.5 Å². The Hall–Kier alpha value is -2.77. The van der Waals surface area contributed by atoms with Gasteiger partial charge in [-0.2, -0.15) is 0 Å². The summed E-state index contributed by atoms with van der Waals surface area (Å²) in [4.78, 5) is 39.1. The van der Waals surface area contributed by atoms with Crippen LogP contribution in [0.25, 0.3) is 0 Å². The third-order valence-corrected chi connectivity index (χ3v) is 4.87. The molecule has 0 bridgehead atoms. The maximum absolute atomic E-state index is 12.2. The predicted octanol–water partition coefficient (Wildman–Crippen LogP) is 2.56. The Morgan fingerprint density at radius 1 is 1.15 bits per heavy atom. The highest BCUT2D eigenvalue weighted by molar-refractivity contribution is 5.96. The summed E-state index contributed by atoms with van der Waals surface area (Å²) < 4.78 is 4.99. The van der Waals surface area contributed by atoms with Crippen LogP contribution < -0.4 is 15.5 Å². The summed E-state index contributed by atoms with van der Waals surface area (Å²) in [5.41, 5.74) is 1.53. The number of nitrogens with one attached hydrogen (secondary N) is 2. The number of amides is 4. The van der Waals surface area contributed by atoms with Gasteiger partial charge in [0, 0.05) is 43.5 Å². The van der Waals surface area contributed by atoms with Crippen LogP contribution in [0.2, 0.25) is 0 Å². The van der Waals surface area contributed by atoms with E-state index in [0.29, 0.717) is 44.6 Å². The standard InChI is InChI=1S/C19H26N4O4/c1-2-27-19(26)22-12-9-15(10-13-22)21-18(25)20-14-5-7-16(8-6-14)23-11-3-4-17(23)24/h5-8,15H,2-4,9-13H2,1H3,(H2,20,21,25). The summed E-state index contributed by atoms with van der Waals surface area (Å²) in [6.45, 7) is 4.04. The van der Waals surface area contributed by atoms with Crippen molar-refractivity contribution >= 4 is 29.4 Å². The van der Waals surface area contributed by atoms with Crippen LogP contribution >= 0.6 is 0 Å². The molecule has 0 atom stereocenters. The molecule has 2 N–H and O–H groups in total. The number of hydrogen-bond acceptors (Lipinski definition) is 4. The first kappa shape index (κ1) is 19.0. The van der Waals surface area contributed by atoms with E-state index in [-0.39, 0.29) is 24.1 Å². The molecule has 8 nitrogen and oxygen atoms in total. The minimum absolute atomic E-state index is 0.0252. The van der Waals surface area contributed by atoms with Gasteiger partial charge < -0.3 is 25.2 Å². The minimum Gasteiger partial charge on any atom is -0.450 e. The zero-order valence-corrected chi connectivity index (χ0v) is 15.6. The summed E-state index contributed by atoms with van der Waals surface area (Å²) in [5.74, 6) is 0.141. The third kappa shape index (κ3) is 4.90. The molecule has 27 heavy (non-hydrogen) atoms. The van der Waals surface area contributed by atoms with E-state index in [0.717, 1.165) is 18.7 Å². The van der Waals surface area contributed by atoms with E-state index in [1.165, 1.54) is 0 Å². The van der Waals surface area contributed by atoms with E-state index in [1.807, 2.05) is 12.1 Å². The maximum Gasteiger partial charge on any atom is 0.409 e. The van der Waals surface area contributed by atoms with Gasteiger partial charge in [-0.15, -0.1) is 0 Å². The Morgan fingerprint density at radius 2 is 1.85 bits per heavy atom. The number of benzene rings is 1. The highest BCUT2D eigenvalue weighted by Gasteiger charge is 2.25. The van der Waals surface area contributed by atoms with Crippen molar-refractivity contribution < 1.29 is 19.1 Å². The van der Waals surface area contributed by atoms with Gasteiger partial charge in [0.15, 0.2) is 0 Å². The van der Waals surface area contributed by atoms with Gasteiger partial charge in [-0.25, -0.2) is 9.59 Å². The Morgan fingerprint density at radius 3 is 2.44 bits per heavy atom. The number of likely N-dealkylation sites (tertiary alicyclic amines) is 1. The highest BCUT2D eigenvalue weighted by Crippen LogP contribution is 2.23. The van der Waals surface area contributed by atoms with Crippen molar-refractivity contribution in [2.24, 2.45) is 0 Å². The van der Waals surface area contributed by atoms with Gasteiger partial charge in [0.1, 0.15) is 0 Å². The van der Waals surface area contributed by atoms with Crippen molar-refractivity contribution in [3.8, 4) is 0 Å². The van der Waals surface area contributed by atoms with Crippen molar-refractivity contribution in [2.75, 3.05) is 36.5 Å². The molecule has 2 fully saturated rings. The van der Waals surface area contributed by atoms with E-state index >= 15 is 0 Å². The monoisotopic (exact) mass is 374 g/mol. The van der Waals surface area contributed by atoms with E-state index in [1.54, 1.807) is 28.9 Å². The molecule has 8 heteroatoms. The Kier molecular flexibility index (Phi) is 6.16. The molecule has 4 amide bonds. The number of rotatable bonds is 4. The van der Waals surface area contributed by atoms with Crippen LogP contribution in [0.4, 0.5) is 21.0 Å². The van der Waals surface area contributed by atoms with Crippen LogP contribution in [0.15, 0.2) is 24.3 Å². The zero-order chi connectivity index (χ0) is 19.2. The first-order chi connectivity index (χ1) is 13.1. The molecule has 0 radical (unpaired) electrons. The topological polar surface area (TPSA) is 91.0 Å². The molecule has 0 saturated carbocycles. The van der Waals surface area contributed by atoms with Gasteiger partial charge >= 0.3 is 12.1 Å². The molecule has 2 aliphatic rings. The summed E-state index contributed by atoms with van der Waals surface area (Å²) in [6.07, 6.45) is 2.58. The van der Waals surface area contributed by atoms with Crippen molar-refractivity contribution in [1.82, 2.24) is 10.2 Å². The predicted molar refractivity (Wildman–Crippen MR) is 102 cm³/mol. The smallest absolute Gasteiger partial charge is 0.409 e.